The van der Waals surface area contributed by atoms with E-state index in [-0.39, 0.29) is 11.1 Å². The normalized spacial score (nSPS) is 14.1. The van der Waals surface area contributed by atoms with Gasteiger partial charge in [0.1, 0.15) is 6.67 Å². The molecule has 17 heavy (non-hydrogen) atoms. The molecule has 0 aliphatic heterocycles. The molecular weight excluding hydrogens is 227 g/mol. The van der Waals surface area contributed by atoms with Crippen LogP contribution in [0.15, 0.2) is 24.3 Å². The Morgan fingerprint density at radius 2 is 2.12 bits per heavy atom. The van der Waals surface area contributed by atoms with Gasteiger partial charge in [0, 0.05) is 5.56 Å². The molecule has 0 amide bonds. The highest BCUT2D eigenvalue weighted by molar-refractivity contribution is 5.91. The fourth-order valence-corrected chi connectivity index (χ4v) is 1.34. The first kappa shape index (κ1) is 13.6. The molecule has 0 heterocycles. The number of aliphatic hydroxyl groups excluding tert-OH is 1. The van der Waals surface area contributed by atoms with E-state index in [1.165, 1.54) is 26.2 Å². The zero-order valence-corrected chi connectivity index (χ0v) is 9.72. The molecule has 0 bridgehead atoms. The van der Waals surface area contributed by atoms with E-state index in [0.717, 1.165) is 0 Å². The maximum Gasteiger partial charge on any atom is 0.338 e. The van der Waals surface area contributed by atoms with Crippen molar-refractivity contribution in [3.63, 3.8) is 0 Å². The summed E-state index contributed by atoms with van der Waals surface area (Å²) >= 11 is 0. The van der Waals surface area contributed by atoms with Crippen LogP contribution in [-0.2, 0) is 9.47 Å². The molecule has 1 N–H and O–H groups in total. The lowest BCUT2D eigenvalue weighted by Gasteiger charge is -2.18. The smallest absolute Gasteiger partial charge is 0.338 e. The lowest BCUT2D eigenvalue weighted by atomic mass is 10.1. The Hall–Kier alpha value is -1.46. The van der Waals surface area contributed by atoms with Crippen LogP contribution in [-0.4, -0.2) is 31.0 Å². The molecule has 0 saturated heterocycles. The zero-order chi connectivity index (χ0) is 12.8. The molecular formula is C12H15FO4. The molecule has 5 heteroatoms. The zero-order valence-electron chi connectivity index (χ0n) is 9.72. The van der Waals surface area contributed by atoms with Gasteiger partial charge in [0.15, 0.2) is 6.29 Å². The van der Waals surface area contributed by atoms with Crippen LogP contribution < -0.4 is 0 Å². The lowest BCUT2D eigenvalue weighted by molar-refractivity contribution is -0.139. The van der Waals surface area contributed by atoms with Crippen LogP contribution in [0.3, 0.4) is 0 Å². The second kappa shape index (κ2) is 6.32. The van der Waals surface area contributed by atoms with E-state index in [2.05, 4.69) is 4.74 Å². The van der Waals surface area contributed by atoms with Crippen LogP contribution >= 0.6 is 0 Å². The maximum atomic E-state index is 12.3. The van der Waals surface area contributed by atoms with Crippen molar-refractivity contribution in [2.24, 2.45) is 0 Å². The van der Waals surface area contributed by atoms with E-state index in [9.17, 15) is 14.3 Å². The fourth-order valence-electron chi connectivity index (χ4n) is 1.34. The second-order valence-corrected chi connectivity index (χ2v) is 3.53. The summed E-state index contributed by atoms with van der Waals surface area (Å²) < 4.78 is 21.8. The molecule has 0 radical (unpaired) electrons. The molecule has 0 aliphatic rings. The lowest BCUT2D eigenvalue weighted by Crippen LogP contribution is -2.17. The summed E-state index contributed by atoms with van der Waals surface area (Å²) in [6.07, 6.45) is -2.09. The van der Waals surface area contributed by atoms with Gasteiger partial charge in [0.2, 0.25) is 0 Å². The van der Waals surface area contributed by atoms with E-state index in [1.807, 2.05) is 0 Å². The number of alkyl halides is 1. The van der Waals surface area contributed by atoms with E-state index in [4.69, 9.17) is 4.74 Å². The van der Waals surface area contributed by atoms with Gasteiger partial charge in [-0.15, -0.1) is 0 Å². The molecule has 0 aliphatic carbocycles. The summed E-state index contributed by atoms with van der Waals surface area (Å²) in [6, 6.07) is 6.32. The summed E-state index contributed by atoms with van der Waals surface area (Å²) in [5, 5.41) is 9.75. The average Bonchev–Trinajstić information content (AvgIpc) is 2.37. The Morgan fingerprint density at radius 3 is 2.71 bits per heavy atom. The SMILES string of the molecule is COC(=O)c1ccccc1C(O)OC(C)CF. The number of esters is 1. The summed E-state index contributed by atoms with van der Waals surface area (Å²) in [6.45, 7) is 0.779. The van der Waals surface area contributed by atoms with Crippen LogP contribution in [0.2, 0.25) is 0 Å². The molecule has 0 spiro atoms. The Morgan fingerprint density at radius 1 is 1.47 bits per heavy atom. The van der Waals surface area contributed by atoms with Gasteiger partial charge >= 0.3 is 5.97 Å². The van der Waals surface area contributed by atoms with Crippen molar-refractivity contribution in [1.82, 2.24) is 0 Å². The molecule has 2 unspecified atom stereocenters. The summed E-state index contributed by atoms with van der Waals surface area (Å²) in [7, 11) is 1.25. The van der Waals surface area contributed by atoms with Gasteiger partial charge in [-0.05, 0) is 13.0 Å². The quantitative estimate of drug-likeness (QED) is 0.632. The Bertz CT molecular complexity index is 381. The van der Waals surface area contributed by atoms with Crippen molar-refractivity contribution in [2.45, 2.75) is 19.3 Å². The van der Waals surface area contributed by atoms with Gasteiger partial charge in [0.05, 0.1) is 18.8 Å². The fraction of sp³-hybridized carbons (Fsp3) is 0.417. The minimum atomic E-state index is -1.35. The number of rotatable bonds is 5. The standard InChI is InChI=1S/C12H15FO4/c1-8(7-13)17-12(15)10-6-4-3-5-9(10)11(14)16-2/h3-6,8,12,15H,7H2,1-2H3. The van der Waals surface area contributed by atoms with Crippen molar-refractivity contribution in [2.75, 3.05) is 13.8 Å². The molecule has 0 aromatic heterocycles. The highest BCUT2D eigenvalue weighted by Gasteiger charge is 2.19. The number of halogens is 1. The number of carbonyl (C=O) groups is 1. The molecule has 4 nitrogen and oxygen atoms in total. The van der Waals surface area contributed by atoms with E-state index in [0.29, 0.717) is 0 Å². The van der Waals surface area contributed by atoms with Gasteiger partial charge < -0.3 is 14.6 Å². The van der Waals surface area contributed by atoms with Crippen LogP contribution in [0.1, 0.15) is 29.1 Å². The molecule has 0 saturated carbocycles. The molecule has 94 valence electrons. The van der Waals surface area contributed by atoms with E-state index >= 15 is 0 Å². The van der Waals surface area contributed by atoms with Crippen molar-refractivity contribution < 1.29 is 23.8 Å². The first-order valence-corrected chi connectivity index (χ1v) is 5.16. The third-order valence-electron chi connectivity index (χ3n) is 2.21. The molecule has 1 rings (SSSR count). The van der Waals surface area contributed by atoms with Crippen LogP contribution in [0.4, 0.5) is 4.39 Å². The van der Waals surface area contributed by atoms with Crippen LogP contribution in [0.25, 0.3) is 0 Å². The maximum absolute atomic E-state index is 12.3. The van der Waals surface area contributed by atoms with Gasteiger partial charge in [-0.3, -0.25) is 0 Å². The van der Waals surface area contributed by atoms with Gasteiger partial charge in [-0.1, -0.05) is 18.2 Å². The van der Waals surface area contributed by atoms with Gasteiger partial charge in [-0.2, -0.15) is 0 Å². The van der Waals surface area contributed by atoms with Gasteiger partial charge in [-0.25, -0.2) is 9.18 Å². The summed E-state index contributed by atoms with van der Waals surface area (Å²) in [5.74, 6) is -0.573. The first-order chi connectivity index (χ1) is 8.10. The monoisotopic (exact) mass is 242 g/mol. The molecule has 0 fully saturated rings. The summed E-state index contributed by atoms with van der Waals surface area (Å²) in [4.78, 5) is 11.4. The third-order valence-corrected chi connectivity index (χ3v) is 2.21. The summed E-state index contributed by atoms with van der Waals surface area (Å²) in [5.41, 5.74) is 0.466. The molecule has 1 aromatic carbocycles. The Labute approximate surface area is 99.0 Å². The predicted molar refractivity (Wildman–Crippen MR) is 59.3 cm³/mol. The average molecular weight is 242 g/mol. The topological polar surface area (TPSA) is 55.8 Å². The highest BCUT2D eigenvalue weighted by Crippen LogP contribution is 2.21. The second-order valence-electron chi connectivity index (χ2n) is 3.53. The Balaban J connectivity index is 2.92. The van der Waals surface area contributed by atoms with Gasteiger partial charge in [0.25, 0.3) is 0 Å². The highest BCUT2D eigenvalue weighted by atomic mass is 19.1. The number of benzene rings is 1. The van der Waals surface area contributed by atoms with E-state index in [1.54, 1.807) is 12.1 Å². The minimum Gasteiger partial charge on any atom is -0.465 e. The predicted octanol–water partition coefficient (Wildman–Crippen LogP) is 1.84. The third kappa shape index (κ3) is 3.51. The minimum absolute atomic E-state index is 0.202. The van der Waals surface area contributed by atoms with Crippen molar-refractivity contribution in [1.29, 1.82) is 0 Å². The Kier molecular flexibility index (Phi) is 5.06. The molecule has 2 atom stereocenters. The number of hydrogen-bond acceptors (Lipinski definition) is 4. The van der Waals surface area contributed by atoms with E-state index < -0.39 is 25.0 Å². The van der Waals surface area contributed by atoms with Crippen molar-refractivity contribution in [3.8, 4) is 0 Å². The largest absolute Gasteiger partial charge is 0.465 e. The number of carbonyl (C=O) groups excluding carboxylic acids is 1. The van der Waals surface area contributed by atoms with Crippen LogP contribution in [0.5, 0.6) is 0 Å². The number of ether oxygens (including phenoxy) is 2. The number of methoxy groups -OCH3 is 1. The van der Waals surface area contributed by atoms with Crippen molar-refractivity contribution in [3.05, 3.63) is 35.4 Å². The first-order valence-electron chi connectivity index (χ1n) is 5.16. The van der Waals surface area contributed by atoms with Crippen LogP contribution in [0, 0.1) is 0 Å². The number of aliphatic hydroxyl groups is 1. The molecule has 1 aromatic rings. The van der Waals surface area contributed by atoms with Crippen molar-refractivity contribution >= 4 is 5.97 Å². The number of hydrogen-bond donors (Lipinski definition) is 1.